The third-order valence-electron chi connectivity index (χ3n) is 3.02. The highest BCUT2D eigenvalue weighted by Crippen LogP contribution is 2.31. The van der Waals surface area contributed by atoms with Crippen LogP contribution in [0.2, 0.25) is 0 Å². The maximum absolute atomic E-state index is 12.1. The van der Waals surface area contributed by atoms with Crippen LogP contribution in [0.5, 0.6) is 5.75 Å². The minimum Gasteiger partial charge on any atom is -0.497 e. The minimum absolute atomic E-state index is 0.247. The molecule has 0 aromatic heterocycles. The van der Waals surface area contributed by atoms with Crippen molar-refractivity contribution in [2.24, 2.45) is 0 Å². The molecule has 1 atom stereocenters. The molecule has 1 aliphatic rings. The molecule has 1 unspecified atom stereocenters. The Morgan fingerprint density at radius 1 is 1.53 bits per heavy atom. The minimum atomic E-state index is -0.447. The van der Waals surface area contributed by atoms with Gasteiger partial charge in [0.15, 0.2) is 0 Å². The van der Waals surface area contributed by atoms with E-state index in [1.807, 2.05) is 25.1 Å². The molecule has 5 heteroatoms. The standard InChI is InChI=1S/C14H18BrNO3/c1-3-19-14(17)13(16-9-4-5-9)11-8-10(18-2)6-7-12(11)15/h6-9,13,16H,3-5H2,1-2H3. The Hall–Kier alpha value is -1.07. The van der Waals surface area contributed by atoms with E-state index >= 15 is 0 Å². The molecule has 4 nitrogen and oxygen atoms in total. The van der Waals surface area contributed by atoms with Gasteiger partial charge in [0.2, 0.25) is 0 Å². The number of carbonyl (C=O) groups excluding carboxylic acids is 1. The lowest BCUT2D eigenvalue weighted by atomic mass is 10.1. The second kappa shape index (κ2) is 6.39. The monoisotopic (exact) mass is 327 g/mol. The number of esters is 1. The van der Waals surface area contributed by atoms with Crippen LogP contribution in [0.15, 0.2) is 22.7 Å². The number of benzene rings is 1. The van der Waals surface area contributed by atoms with E-state index in [4.69, 9.17) is 9.47 Å². The molecule has 0 heterocycles. The summed E-state index contributed by atoms with van der Waals surface area (Å²) in [6.07, 6.45) is 2.22. The fourth-order valence-corrected chi connectivity index (χ4v) is 2.34. The van der Waals surface area contributed by atoms with Crippen molar-refractivity contribution < 1.29 is 14.3 Å². The van der Waals surface area contributed by atoms with Gasteiger partial charge in [0.1, 0.15) is 11.8 Å². The summed E-state index contributed by atoms with van der Waals surface area (Å²) in [5.74, 6) is 0.480. The van der Waals surface area contributed by atoms with Crippen molar-refractivity contribution in [3.8, 4) is 5.75 Å². The Balaban J connectivity index is 2.27. The maximum Gasteiger partial charge on any atom is 0.327 e. The first kappa shape index (κ1) is 14.3. The first-order valence-corrected chi connectivity index (χ1v) is 7.21. The molecule has 0 spiro atoms. The predicted octanol–water partition coefficient (Wildman–Crippen LogP) is 2.81. The average Bonchev–Trinajstić information content (AvgIpc) is 3.21. The highest BCUT2D eigenvalue weighted by atomic mass is 79.9. The van der Waals surface area contributed by atoms with Crippen LogP contribution in [0.25, 0.3) is 0 Å². The van der Waals surface area contributed by atoms with Crippen molar-refractivity contribution in [1.29, 1.82) is 0 Å². The van der Waals surface area contributed by atoms with Crippen molar-refractivity contribution >= 4 is 21.9 Å². The van der Waals surface area contributed by atoms with Crippen molar-refractivity contribution in [3.63, 3.8) is 0 Å². The quantitative estimate of drug-likeness (QED) is 0.816. The third-order valence-corrected chi connectivity index (χ3v) is 3.74. The number of methoxy groups -OCH3 is 1. The van der Waals surface area contributed by atoms with Gasteiger partial charge >= 0.3 is 5.97 Å². The Morgan fingerprint density at radius 3 is 2.84 bits per heavy atom. The number of ether oxygens (including phenoxy) is 2. The highest BCUT2D eigenvalue weighted by molar-refractivity contribution is 9.10. The Labute approximate surface area is 121 Å². The molecule has 0 bridgehead atoms. The van der Waals surface area contributed by atoms with Crippen LogP contribution in [-0.4, -0.2) is 25.7 Å². The van der Waals surface area contributed by atoms with Crippen molar-refractivity contribution in [3.05, 3.63) is 28.2 Å². The van der Waals surface area contributed by atoms with Gasteiger partial charge in [0, 0.05) is 10.5 Å². The van der Waals surface area contributed by atoms with Crippen molar-refractivity contribution in [2.75, 3.05) is 13.7 Å². The SMILES string of the molecule is CCOC(=O)C(NC1CC1)c1cc(OC)ccc1Br. The lowest BCUT2D eigenvalue weighted by Crippen LogP contribution is -2.32. The second-order valence-electron chi connectivity index (χ2n) is 4.51. The summed E-state index contributed by atoms with van der Waals surface area (Å²) in [5, 5.41) is 3.32. The first-order chi connectivity index (χ1) is 9.15. The Morgan fingerprint density at radius 2 is 2.26 bits per heavy atom. The second-order valence-corrected chi connectivity index (χ2v) is 5.37. The molecule has 104 valence electrons. The number of hydrogen-bond acceptors (Lipinski definition) is 4. The van der Waals surface area contributed by atoms with Crippen molar-refractivity contribution in [2.45, 2.75) is 31.8 Å². The molecule has 1 N–H and O–H groups in total. The van der Waals surface area contributed by atoms with Gasteiger partial charge in [-0.05, 0) is 43.5 Å². The Bertz CT molecular complexity index is 460. The van der Waals surface area contributed by atoms with E-state index in [9.17, 15) is 4.79 Å². The molecule has 0 saturated heterocycles. The molecular formula is C14H18BrNO3. The number of carbonyl (C=O) groups is 1. The van der Waals surface area contributed by atoms with Gasteiger partial charge in [-0.15, -0.1) is 0 Å². The summed E-state index contributed by atoms with van der Waals surface area (Å²) >= 11 is 3.49. The molecule has 1 aromatic carbocycles. The smallest absolute Gasteiger partial charge is 0.327 e. The number of rotatable bonds is 6. The summed E-state index contributed by atoms with van der Waals surface area (Å²) in [6, 6.07) is 5.56. The van der Waals surface area contributed by atoms with E-state index in [-0.39, 0.29) is 5.97 Å². The van der Waals surface area contributed by atoms with Gasteiger partial charge in [0.25, 0.3) is 0 Å². The van der Waals surface area contributed by atoms with Gasteiger partial charge in [-0.1, -0.05) is 15.9 Å². The lowest BCUT2D eigenvalue weighted by molar-refractivity contribution is -0.145. The van der Waals surface area contributed by atoms with E-state index in [1.54, 1.807) is 7.11 Å². The summed E-state index contributed by atoms with van der Waals surface area (Å²) in [6.45, 7) is 2.19. The van der Waals surface area contributed by atoms with E-state index in [0.29, 0.717) is 12.6 Å². The zero-order valence-electron chi connectivity index (χ0n) is 11.1. The zero-order valence-corrected chi connectivity index (χ0v) is 12.7. The molecule has 0 aliphatic heterocycles. The molecule has 19 heavy (non-hydrogen) atoms. The largest absolute Gasteiger partial charge is 0.497 e. The van der Waals surface area contributed by atoms with Crippen LogP contribution in [0.1, 0.15) is 31.4 Å². The van der Waals surface area contributed by atoms with E-state index in [1.165, 1.54) is 0 Å². The van der Waals surface area contributed by atoms with Crippen molar-refractivity contribution in [1.82, 2.24) is 5.32 Å². The van der Waals surface area contributed by atoms with Crippen LogP contribution < -0.4 is 10.1 Å². The molecule has 0 radical (unpaired) electrons. The first-order valence-electron chi connectivity index (χ1n) is 6.41. The summed E-state index contributed by atoms with van der Waals surface area (Å²) in [4.78, 5) is 12.1. The summed E-state index contributed by atoms with van der Waals surface area (Å²) in [7, 11) is 1.61. The van der Waals surface area contributed by atoms with Gasteiger partial charge in [-0.25, -0.2) is 4.79 Å². The van der Waals surface area contributed by atoms with Gasteiger partial charge in [-0.3, -0.25) is 5.32 Å². The number of nitrogens with one attached hydrogen (secondary N) is 1. The number of hydrogen-bond donors (Lipinski definition) is 1. The van der Waals surface area contributed by atoms with E-state index in [0.717, 1.165) is 28.6 Å². The molecular weight excluding hydrogens is 310 g/mol. The molecule has 2 rings (SSSR count). The number of halogens is 1. The topological polar surface area (TPSA) is 47.6 Å². The van der Waals surface area contributed by atoms with Crippen LogP contribution in [0.4, 0.5) is 0 Å². The van der Waals surface area contributed by atoms with Crippen LogP contribution in [-0.2, 0) is 9.53 Å². The third kappa shape index (κ3) is 3.70. The van der Waals surface area contributed by atoms with Gasteiger partial charge in [-0.2, -0.15) is 0 Å². The van der Waals surface area contributed by atoms with E-state index in [2.05, 4.69) is 21.2 Å². The van der Waals surface area contributed by atoms with E-state index < -0.39 is 6.04 Å². The highest BCUT2D eigenvalue weighted by Gasteiger charge is 2.31. The molecule has 0 amide bonds. The summed E-state index contributed by atoms with van der Waals surface area (Å²) < 4.78 is 11.2. The maximum atomic E-state index is 12.1. The normalized spacial score (nSPS) is 15.9. The van der Waals surface area contributed by atoms with Crippen LogP contribution >= 0.6 is 15.9 Å². The summed E-state index contributed by atoms with van der Waals surface area (Å²) in [5.41, 5.74) is 0.852. The average molecular weight is 328 g/mol. The van der Waals surface area contributed by atoms with Crippen LogP contribution in [0.3, 0.4) is 0 Å². The fraction of sp³-hybridized carbons (Fsp3) is 0.500. The molecule has 1 fully saturated rings. The predicted molar refractivity (Wildman–Crippen MR) is 76.2 cm³/mol. The molecule has 1 saturated carbocycles. The van der Waals surface area contributed by atoms with Gasteiger partial charge < -0.3 is 9.47 Å². The van der Waals surface area contributed by atoms with Crippen LogP contribution in [0, 0.1) is 0 Å². The lowest BCUT2D eigenvalue weighted by Gasteiger charge is -2.19. The van der Waals surface area contributed by atoms with Gasteiger partial charge in [0.05, 0.1) is 13.7 Å². The molecule has 1 aliphatic carbocycles. The Kier molecular flexibility index (Phi) is 4.82. The molecule has 1 aromatic rings. The fourth-order valence-electron chi connectivity index (χ4n) is 1.87. The zero-order chi connectivity index (χ0) is 13.8.